The molecule has 1 atom stereocenters. The number of hydrazine groups is 1. The van der Waals surface area contributed by atoms with E-state index in [0.717, 1.165) is 18.8 Å². The summed E-state index contributed by atoms with van der Waals surface area (Å²) in [5.41, 5.74) is 3.46. The number of rotatable bonds is 6. The van der Waals surface area contributed by atoms with Crippen LogP contribution in [0.5, 0.6) is 0 Å². The van der Waals surface area contributed by atoms with Gasteiger partial charge in [-0.25, -0.2) is 4.39 Å². The van der Waals surface area contributed by atoms with Gasteiger partial charge in [0, 0.05) is 10.6 Å². The molecule has 1 unspecified atom stereocenters. The van der Waals surface area contributed by atoms with Gasteiger partial charge in [0.25, 0.3) is 0 Å². The summed E-state index contributed by atoms with van der Waals surface area (Å²) in [5, 5.41) is 0.426. The predicted octanol–water partition coefficient (Wildman–Crippen LogP) is 4.98. The number of unbranched alkanes of at least 4 members (excludes halogenated alkanes) is 1. The zero-order valence-electron chi connectivity index (χ0n) is 12.7. The molecule has 4 heteroatoms. The fourth-order valence-corrected chi connectivity index (χ4v) is 3.70. The molecular weight excluding hydrogens is 287 g/mol. The van der Waals surface area contributed by atoms with Gasteiger partial charge in [-0.2, -0.15) is 0 Å². The van der Waals surface area contributed by atoms with E-state index in [-0.39, 0.29) is 11.9 Å². The number of nitrogens with one attached hydrogen (secondary N) is 1. The van der Waals surface area contributed by atoms with Crippen molar-refractivity contribution >= 4 is 11.6 Å². The normalized spacial score (nSPS) is 24.0. The fourth-order valence-electron chi connectivity index (χ4n) is 3.54. The number of nitrogens with two attached hydrogens (primary N) is 1. The molecule has 3 N–H and O–H groups in total. The van der Waals surface area contributed by atoms with Crippen LogP contribution in [0.3, 0.4) is 0 Å². The molecule has 21 heavy (non-hydrogen) atoms. The van der Waals surface area contributed by atoms with E-state index in [4.69, 9.17) is 17.4 Å². The van der Waals surface area contributed by atoms with E-state index in [2.05, 4.69) is 12.3 Å². The van der Waals surface area contributed by atoms with Gasteiger partial charge in [-0.05, 0) is 36.8 Å². The minimum absolute atomic E-state index is 0.116. The standard InChI is InChI=1S/C17H26ClFN2/c1-2-3-4-12-5-7-13(8-6-12)17(21-20)15-10-9-14(18)11-16(15)19/h9-13,17,21H,2-8,20H2,1H3. The van der Waals surface area contributed by atoms with Crippen LogP contribution in [-0.2, 0) is 0 Å². The SMILES string of the molecule is CCCCC1CCC(C(NN)c2ccc(Cl)cc2F)CC1. The highest BCUT2D eigenvalue weighted by Gasteiger charge is 2.29. The monoisotopic (exact) mass is 312 g/mol. The smallest absolute Gasteiger partial charge is 0.129 e. The van der Waals surface area contributed by atoms with Crippen molar-refractivity contribution in [3.05, 3.63) is 34.6 Å². The lowest BCUT2D eigenvalue weighted by Crippen LogP contribution is -2.36. The molecule has 0 bridgehead atoms. The van der Waals surface area contributed by atoms with E-state index >= 15 is 0 Å². The zero-order chi connectivity index (χ0) is 15.2. The van der Waals surface area contributed by atoms with Crippen molar-refractivity contribution in [2.45, 2.75) is 57.9 Å². The molecule has 0 aliphatic heterocycles. The van der Waals surface area contributed by atoms with Crippen LogP contribution in [0.25, 0.3) is 0 Å². The molecule has 0 aromatic heterocycles. The number of benzene rings is 1. The van der Waals surface area contributed by atoms with Crippen LogP contribution in [0.1, 0.15) is 63.5 Å². The first-order valence-electron chi connectivity index (χ1n) is 8.06. The quantitative estimate of drug-likeness (QED) is 0.574. The van der Waals surface area contributed by atoms with Crippen molar-refractivity contribution in [3.8, 4) is 0 Å². The Morgan fingerprint density at radius 3 is 2.62 bits per heavy atom. The van der Waals surface area contributed by atoms with Gasteiger partial charge in [0.2, 0.25) is 0 Å². The van der Waals surface area contributed by atoms with Crippen LogP contribution >= 0.6 is 11.6 Å². The maximum absolute atomic E-state index is 14.1. The molecule has 2 nitrogen and oxygen atoms in total. The second-order valence-electron chi connectivity index (χ2n) is 6.23. The molecule has 0 amide bonds. The average molecular weight is 313 g/mol. The van der Waals surface area contributed by atoms with Gasteiger partial charge in [0.05, 0.1) is 6.04 Å². The Kier molecular flexibility index (Phi) is 6.46. The van der Waals surface area contributed by atoms with Crippen molar-refractivity contribution in [1.29, 1.82) is 0 Å². The fraction of sp³-hybridized carbons (Fsp3) is 0.647. The number of hydrogen-bond donors (Lipinski definition) is 2. The summed E-state index contributed by atoms with van der Waals surface area (Å²) < 4.78 is 14.1. The van der Waals surface area contributed by atoms with Gasteiger partial charge in [0.15, 0.2) is 0 Å². The Labute approximate surface area is 132 Å². The molecule has 1 aliphatic carbocycles. The molecule has 1 aromatic carbocycles. The molecule has 1 aromatic rings. The predicted molar refractivity (Wildman–Crippen MR) is 86.4 cm³/mol. The van der Waals surface area contributed by atoms with E-state index in [1.54, 1.807) is 12.1 Å². The summed E-state index contributed by atoms with van der Waals surface area (Å²) in [4.78, 5) is 0. The zero-order valence-corrected chi connectivity index (χ0v) is 13.5. The van der Waals surface area contributed by atoms with Crippen LogP contribution < -0.4 is 11.3 Å². The molecule has 0 radical (unpaired) electrons. The lowest BCUT2D eigenvalue weighted by Gasteiger charge is -2.34. The van der Waals surface area contributed by atoms with Crippen molar-refractivity contribution < 1.29 is 4.39 Å². The van der Waals surface area contributed by atoms with Gasteiger partial charge < -0.3 is 0 Å². The third-order valence-electron chi connectivity index (χ3n) is 4.81. The van der Waals surface area contributed by atoms with Crippen molar-refractivity contribution in [1.82, 2.24) is 5.43 Å². The van der Waals surface area contributed by atoms with Crippen molar-refractivity contribution in [2.24, 2.45) is 17.7 Å². The van der Waals surface area contributed by atoms with Gasteiger partial charge in [0.1, 0.15) is 5.82 Å². The Balaban J connectivity index is 1.99. The molecule has 1 saturated carbocycles. The first-order chi connectivity index (χ1) is 10.2. The molecular formula is C17H26ClFN2. The lowest BCUT2D eigenvalue weighted by molar-refractivity contribution is 0.211. The van der Waals surface area contributed by atoms with E-state index in [0.29, 0.717) is 16.5 Å². The van der Waals surface area contributed by atoms with Gasteiger partial charge in [-0.3, -0.25) is 11.3 Å². The second kappa shape index (κ2) is 8.11. The van der Waals surface area contributed by atoms with E-state index in [9.17, 15) is 4.39 Å². The minimum atomic E-state index is -0.265. The van der Waals surface area contributed by atoms with E-state index < -0.39 is 0 Å². The van der Waals surface area contributed by atoms with Gasteiger partial charge >= 0.3 is 0 Å². The van der Waals surface area contributed by atoms with Crippen molar-refractivity contribution in [3.63, 3.8) is 0 Å². The molecule has 118 valence electrons. The van der Waals surface area contributed by atoms with Crippen LogP contribution in [0.2, 0.25) is 5.02 Å². The summed E-state index contributed by atoms with van der Waals surface area (Å²) in [6.45, 7) is 2.24. The van der Waals surface area contributed by atoms with E-state index in [1.807, 2.05) is 0 Å². The third kappa shape index (κ3) is 4.41. The summed E-state index contributed by atoms with van der Waals surface area (Å²) in [5.74, 6) is 6.69. The Morgan fingerprint density at radius 2 is 2.05 bits per heavy atom. The second-order valence-corrected chi connectivity index (χ2v) is 6.67. The third-order valence-corrected chi connectivity index (χ3v) is 5.04. The Hall–Kier alpha value is -0.640. The largest absolute Gasteiger partial charge is 0.271 e. The number of halogens is 2. The molecule has 0 spiro atoms. The molecule has 0 saturated heterocycles. The Bertz CT molecular complexity index is 444. The van der Waals surface area contributed by atoms with Crippen LogP contribution in [0.15, 0.2) is 18.2 Å². The van der Waals surface area contributed by atoms with Gasteiger partial charge in [-0.1, -0.05) is 56.7 Å². The lowest BCUT2D eigenvalue weighted by atomic mass is 9.75. The average Bonchev–Trinajstić information content (AvgIpc) is 2.49. The molecule has 2 rings (SSSR count). The van der Waals surface area contributed by atoms with Crippen LogP contribution in [0, 0.1) is 17.7 Å². The maximum atomic E-state index is 14.1. The van der Waals surface area contributed by atoms with E-state index in [1.165, 1.54) is 38.2 Å². The summed E-state index contributed by atoms with van der Waals surface area (Å²) in [6.07, 6.45) is 8.62. The van der Waals surface area contributed by atoms with Crippen molar-refractivity contribution in [2.75, 3.05) is 0 Å². The first-order valence-corrected chi connectivity index (χ1v) is 8.44. The molecule has 1 fully saturated rings. The Morgan fingerprint density at radius 1 is 1.33 bits per heavy atom. The summed E-state index contributed by atoms with van der Waals surface area (Å²) >= 11 is 5.83. The van der Waals surface area contributed by atoms with Gasteiger partial charge in [-0.15, -0.1) is 0 Å². The van der Waals surface area contributed by atoms with Crippen LogP contribution in [-0.4, -0.2) is 0 Å². The summed E-state index contributed by atoms with van der Waals surface area (Å²) in [6, 6.07) is 4.74. The summed E-state index contributed by atoms with van der Waals surface area (Å²) in [7, 11) is 0. The highest BCUT2D eigenvalue weighted by molar-refractivity contribution is 6.30. The minimum Gasteiger partial charge on any atom is -0.271 e. The first kappa shape index (κ1) is 16.7. The highest BCUT2D eigenvalue weighted by atomic mass is 35.5. The highest BCUT2D eigenvalue weighted by Crippen LogP contribution is 2.39. The maximum Gasteiger partial charge on any atom is 0.129 e. The molecule has 0 heterocycles. The molecule has 1 aliphatic rings. The number of hydrogen-bond acceptors (Lipinski definition) is 2. The van der Waals surface area contributed by atoms with Crippen LogP contribution in [0.4, 0.5) is 4.39 Å². The topological polar surface area (TPSA) is 38.0 Å².